The number of methoxy groups -OCH3 is 1. The van der Waals surface area contributed by atoms with E-state index >= 15 is 0 Å². The highest BCUT2D eigenvalue weighted by Gasteiger charge is 2.68. The van der Waals surface area contributed by atoms with Crippen molar-refractivity contribution in [3.8, 4) is 0 Å². The fourth-order valence-corrected chi connectivity index (χ4v) is 7.57. The van der Waals surface area contributed by atoms with Crippen LogP contribution in [0.1, 0.15) is 48.0 Å². The van der Waals surface area contributed by atoms with Gasteiger partial charge in [-0.3, -0.25) is 0 Å². The summed E-state index contributed by atoms with van der Waals surface area (Å²) in [7, 11) is -2.48. The Labute approximate surface area is 197 Å². The highest BCUT2D eigenvalue weighted by atomic mass is 28.4. The van der Waals surface area contributed by atoms with Gasteiger partial charge in [0.15, 0.2) is 22.9 Å². The van der Waals surface area contributed by atoms with E-state index in [0.717, 1.165) is 6.42 Å². The average Bonchev–Trinajstić information content (AvgIpc) is 3.26. The van der Waals surface area contributed by atoms with Crippen molar-refractivity contribution in [2.45, 2.75) is 103 Å². The molecule has 1 aliphatic heterocycles. The standard InChI is InChI=1S/C25H46O5Si2/c1-23(2,3)31(8,9)28-15-19-21(30-32(10,11)24(4,5)6)25(16-26)18-13-12-17(14-18)20(25)22(27-7)29-19/h12-13,16-22H,14-15H2,1-11H3/t17-,18+,19+,20-,21+,22-,25-/m0/s1. The number of carbonyl (C=O) groups is 1. The largest absolute Gasteiger partial charge is 0.414 e. The maximum Gasteiger partial charge on any atom is 0.192 e. The van der Waals surface area contributed by atoms with Gasteiger partial charge in [-0.15, -0.1) is 0 Å². The second-order valence-corrected chi connectivity index (χ2v) is 22.7. The van der Waals surface area contributed by atoms with E-state index < -0.39 is 28.3 Å². The Bertz CT molecular complexity index is 736. The molecule has 7 atom stereocenters. The van der Waals surface area contributed by atoms with Gasteiger partial charge >= 0.3 is 0 Å². The van der Waals surface area contributed by atoms with Crippen molar-refractivity contribution < 1.29 is 23.1 Å². The molecule has 2 bridgehead atoms. The second-order valence-electron chi connectivity index (χ2n) is 13.2. The Hall–Kier alpha value is -0.316. The highest BCUT2D eigenvalue weighted by molar-refractivity contribution is 6.74. The maximum atomic E-state index is 13.0. The fourth-order valence-electron chi connectivity index (χ4n) is 5.21. The van der Waals surface area contributed by atoms with Gasteiger partial charge < -0.3 is 23.1 Å². The predicted octanol–water partition coefficient (Wildman–Crippen LogP) is 5.78. The van der Waals surface area contributed by atoms with Gasteiger partial charge in [0.05, 0.1) is 18.1 Å². The minimum atomic E-state index is -2.18. The van der Waals surface area contributed by atoms with Gasteiger partial charge in [0.2, 0.25) is 0 Å². The number of fused-ring (bicyclic) bond motifs is 5. The minimum absolute atomic E-state index is 0.0149. The van der Waals surface area contributed by atoms with Gasteiger partial charge in [-0.05, 0) is 54.5 Å². The lowest BCUT2D eigenvalue weighted by Crippen LogP contribution is -2.66. The molecule has 1 saturated carbocycles. The molecule has 2 aliphatic carbocycles. The molecule has 184 valence electrons. The number of rotatable bonds is 7. The van der Waals surface area contributed by atoms with Gasteiger partial charge in [0.1, 0.15) is 12.4 Å². The van der Waals surface area contributed by atoms with Crippen LogP contribution in [0.3, 0.4) is 0 Å². The van der Waals surface area contributed by atoms with Crippen molar-refractivity contribution in [1.82, 2.24) is 0 Å². The van der Waals surface area contributed by atoms with Crippen LogP contribution in [0.15, 0.2) is 12.2 Å². The molecule has 0 aromatic rings. The molecule has 1 saturated heterocycles. The molecule has 3 aliphatic rings. The summed E-state index contributed by atoms with van der Waals surface area (Å²) in [5.74, 6) is 0.448. The van der Waals surface area contributed by atoms with E-state index in [-0.39, 0.29) is 34.1 Å². The lowest BCUT2D eigenvalue weighted by molar-refractivity contribution is -0.282. The second kappa shape index (κ2) is 8.41. The van der Waals surface area contributed by atoms with Crippen molar-refractivity contribution >= 4 is 22.9 Å². The molecule has 0 amide bonds. The Morgan fingerprint density at radius 3 is 2.12 bits per heavy atom. The van der Waals surface area contributed by atoms with Crippen LogP contribution >= 0.6 is 0 Å². The summed E-state index contributed by atoms with van der Waals surface area (Å²) < 4.78 is 26.2. The molecular formula is C25H46O5Si2. The fraction of sp³-hybridized carbons (Fsp3) is 0.880. The smallest absolute Gasteiger partial charge is 0.192 e. The maximum absolute atomic E-state index is 13.0. The molecule has 0 radical (unpaired) electrons. The first-order valence-electron chi connectivity index (χ1n) is 12.2. The summed E-state index contributed by atoms with van der Waals surface area (Å²) >= 11 is 0. The molecule has 0 aromatic carbocycles. The van der Waals surface area contributed by atoms with Gasteiger partial charge in [-0.25, -0.2) is 0 Å². The molecule has 0 spiro atoms. The summed E-state index contributed by atoms with van der Waals surface area (Å²) in [5, 5.41) is 0.126. The van der Waals surface area contributed by atoms with Crippen molar-refractivity contribution in [2.75, 3.05) is 13.7 Å². The number of allylic oxidation sites excluding steroid dienone is 2. The van der Waals surface area contributed by atoms with E-state index in [4.69, 9.17) is 18.3 Å². The summed E-state index contributed by atoms with van der Waals surface area (Å²) in [6, 6.07) is 0. The Morgan fingerprint density at radius 1 is 1.03 bits per heavy atom. The van der Waals surface area contributed by atoms with Gasteiger partial charge in [-0.2, -0.15) is 0 Å². The van der Waals surface area contributed by atoms with E-state index in [1.807, 2.05) is 0 Å². The quantitative estimate of drug-likeness (QED) is 0.262. The Balaban J connectivity index is 2.02. The Kier molecular flexibility index (Phi) is 6.91. The number of carbonyl (C=O) groups excluding carboxylic acids is 1. The van der Waals surface area contributed by atoms with Crippen LogP contribution in [-0.2, 0) is 23.1 Å². The van der Waals surface area contributed by atoms with Gasteiger partial charge in [-0.1, -0.05) is 53.7 Å². The summed E-state index contributed by atoms with van der Waals surface area (Å²) in [4.78, 5) is 13.0. The van der Waals surface area contributed by atoms with E-state index in [2.05, 4.69) is 79.9 Å². The summed E-state index contributed by atoms with van der Waals surface area (Å²) in [6.45, 7) is 22.9. The van der Waals surface area contributed by atoms with Crippen LogP contribution in [0.4, 0.5) is 0 Å². The molecule has 7 heteroatoms. The monoisotopic (exact) mass is 482 g/mol. The highest BCUT2D eigenvalue weighted by Crippen LogP contribution is 2.62. The predicted molar refractivity (Wildman–Crippen MR) is 134 cm³/mol. The SMILES string of the molecule is CO[C@H]1O[C@H](CO[Si](C)(C)C(C)(C)C)[C@@H](O[Si](C)(C)C(C)(C)C)[C@]2(C=O)[C@H]1[C@H]1C=C[C@@H]2C1. The molecule has 3 rings (SSSR count). The number of ether oxygens (including phenoxy) is 2. The van der Waals surface area contributed by atoms with Crippen molar-refractivity contribution in [1.29, 1.82) is 0 Å². The molecule has 1 heterocycles. The zero-order chi connectivity index (χ0) is 24.3. The van der Waals surface area contributed by atoms with Gasteiger partial charge in [0.25, 0.3) is 0 Å². The molecule has 0 N–H and O–H groups in total. The third-order valence-electron chi connectivity index (χ3n) is 9.31. The third kappa shape index (κ3) is 4.15. The Morgan fingerprint density at radius 2 is 1.62 bits per heavy atom. The van der Waals surface area contributed by atoms with E-state index in [1.165, 1.54) is 6.29 Å². The van der Waals surface area contributed by atoms with Crippen LogP contribution in [0, 0.1) is 23.2 Å². The van der Waals surface area contributed by atoms with Crippen LogP contribution in [0.2, 0.25) is 36.3 Å². The molecule has 5 nitrogen and oxygen atoms in total. The zero-order valence-electron chi connectivity index (χ0n) is 22.2. The molecular weight excluding hydrogens is 436 g/mol. The van der Waals surface area contributed by atoms with Gasteiger partial charge in [0, 0.05) is 13.0 Å². The van der Waals surface area contributed by atoms with Crippen molar-refractivity contribution in [3.05, 3.63) is 12.2 Å². The van der Waals surface area contributed by atoms with E-state index in [1.54, 1.807) is 7.11 Å². The van der Waals surface area contributed by atoms with Crippen LogP contribution < -0.4 is 0 Å². The zero-order valence-corrected chi connectivity index (χ0v) is 24.2. The van der Waals surface area contributed by atoms with E-state index in [0.29, 0.717) is 12.5 Å². The number of hydrogen-bond donors (Lipinski definition) is 0. The van der Waals surface area contributed by atoms with Crippen molar-refractivity contribution in [2.24, 2.45) is 23.2 Å². The lowest BCUT2D eigenvalue weighted by Gasteiger charge is -2.55. The molecule has 32 heavy (non-hydrogen) atoms. The average molecular weight is 483 g/mol. The van der Waals surface area contributed by atoms with Crippen molar-refractivity contribution in [3.63, 3.8) is 0 Å². The summed E-state index contributed by atoms with van der Waals surface area (Å²) in [6.07, 6.45) is 5.56. The number of aldehydes is 1. The van der Waals surface area contributed by atoms with Crippen LogP contribution in [0.25, 0.3) is 0 Å². The normalized spacial score (nSPS) is 37.6. The third-order valence-corrected chi connectivity index (χ3v) is 18.3. The lowest BCUT2D eigenvalue weighted by atomic mass is 9.63. The summed E-state index contributed by atoms with van der Waals surface area (Å²) in [5.41, 5.74) is -0.630. The number of hydrogen-bond acceptors (Lipinski definition) is 5. The molecule has 0 aromatic heterocycles. The van der Waals surface area contributed by atoms with Crippen LogP contribution in [-0.4, -0.2) is 55.1 Å². The molecule has 0 unspecified atom stereocenters. The first kappa shape index (κ1) is 26.3. The van der Waals surface area contributed by atoms with Crippen LogP contribution in [0.5, 0.6) is 0 Å². The first-order valence-corrected chi connectivity index (χ1v) is 18.0. The topological polar surface area (TPSA) is 54.0 Å². The van der Waals surface area contributed by atoms with E-state index in [9.17, 15) is 4.79 Å². The minimum Gasteiger partial charge on any atom is -0.414 e. The first-order chi connectivity index (χ1) is 14.5. The molecule has 2 fully saturated rings.